The summed E-state index contributed by atoms with van der Waals surface area (Å²) in [5, 5.41) is 2.64. The largest absolute Gasteiger partial charge is 0.489 e. The van der Waals surface area contributed by atoms with Gasteiger partial charge < -0.3 is 10.1 Å². The molecule has 0 radical (unpaired) electrons. The quantitative estimate of drug-likeness (QED) is 0.915. The van der Waals surface area contributed by atoms with Gasteiger partial charge in [0.15, 0.2) is 0 Å². The maximum atomic E-state index is 11.5. The van der Waals surface area contributed by atoms with Crippen molar-refractivity contribution in [3.8, 4) is 5.75 Å². The number of rotatable bonds is 5. The van der Waals surface area contributed by atoms with Gasteiger partial charge in [-0.15, -0.1) is 0 Å². The molecule has 21 heavy (non-hydrogen) atoms. The van der Waals surface area contributed by atoms with Gasteiger partial charge in [0.25, 0.3) is 0 Å². The lowest BCUT2D eigenvalue weighted by Crippen LogP contribution is -2.20. The zero-order valence-corrected chi connectivity index (χ0v) is 12.8. The van der Waals surface area contributed by atoms with Crippen LogP contribution in [0.5, 0.6) is 5.75 Å². The molecule has 3 nitrogen and oxygen atoms in total. The van der Waals surface area contributed by atoms with Gasteiger partial charge in [-0.25, -0.2) is 0 Å². The predicted molar refractivity (Wildman–Crippen MR) is 84.5 cm³/mol. The number of ether oxygens (including phenoxy) is 1. The minimum atomic E-state index is -0.0159. The number of amides is 1. The van der Waals surface area contributed by atoms with Crippen LogP contribution in [0.3, 0.4) is 0 Å². The van der Waals surface area contributed by atoms with E-state index >= 15 is 0 Å². The van der Waals surface area contributed by atoms with Crippen LogP contribution in [0.15, 0.2) is 42.5 Å². The summed E-state index contributed by atoms with van der Waals surface area (Å²) >= 11 is 0. The van der Waals surface area contributed by atoms with Crippen LogP contribution in [0.4, 0.5) is 0 Å². The molecule has 1 N–H and O–H groups in total. The van der Waals surface area contributed by atoms with Crippen molar-refractivity contribution in [3.05, 3.63) is 64.7 Å². The lowest BCUT2D eigenvalue weighted by Gasteiger charge is -2.13. The minimum Gasteiger partial charge on any atom is -0.489 e. The molecule has 3 heteroatoms. The molecule has 0 bridgehead atoms. The number of hydrogen-bond donors (Lipinski definition) is 1. The minimum absolute atomic E-state index is 0.0159. The van der Waals surface area contributed by atoms with Crippen molar-refractivity contribution in [2.75, 3.05) is 7.05 Å². The highest BCUT2D eigenvalue weighted by molar-refractivity contribution is 5.78. The molecule has 1 amide bonds. The number of benzene rings is 2. The van der Waals surface area contributed by atoms with Crippen molar-refractivity contribution in [1.82, 2.24) is 5.32 Å². The molecule has 2 rings (SSSR count). The van der Waals surface area contributed by atoms with Gasteiger partial charge in [-0.2, -0.15) is 0 Å². The summed E-state index contributed by atoms with van der Waals surface area (Å²) in [5.41, 5.74) is 4.51. The number of carbonyl (C=O) groups excluding carboxylic acids is 1. The van der Waals surface area contributed by atoms with E-state index in [-0.39, 0.29) is 5.91 Å². The van der Waals surface area contributed by atoms with Crippen molar-refractivity contribution in [2.45, 2.75) is 26.9 Å². The standard InChI is InChI=1S/C18H21NO2/c1-13-8-9-14(2)16(10-13)12-21-17-7-5-4-6-15(17)11-18(20)19-3/h4-10H,11-12H2,1-3H3,(H,19,20). The Kier molecular flexibility index (Phi) is 4.99. The zero-order chi connectivity index (χ0) is 15.2. The second-order valence-corrected chi connectivity index (χ2v) is 5.18. The third-order valence-corrected chi connectivity index (χ3v) is 3.49. The van der Waals surface area contributed by atoms with E-state index in [1.54, 1.807) is 7.05 Å². The fraction of sp³-hybridized carbons (Fsp3) is 0.278. The fourth-order valence-electron chi connectivity index (χ4n) is 2.16. The first kappa shape index (κ1) is 15.1. The van der Waals surface area contributed by atoms with Crippen molar-refractivity contribution in [2.24, 2.45) is 0 Å². The summed E-state index contributed by atoms with van der Waals surface area (Å²) < 4.78 is 5.92. The summed E-state index contributed by atoms with van der Waals surface area (Å²) in [7, 11) is 1.64. The molecule has 0 aliphatic rings. The van der Waals surface area contributed by atoms with E-state index in [1.165, 1.54) is 16.7 Å². The van der Waals surface area contributed by atoms with E-state index in [0.29, 0.717) is 13.0 Å². The first-order valence-electron chi connectivity index (χ1n) is 7.07. The Morgan fingerprint density at radius 1 is 1.10 bits per heavy atom. The van der Waals surface area contributed by atoms with Crippen molar-refractivity contribution in [3.63, 3.8) is 0 Å². The molecule has 2 aromatic rings. The van der Waals surface area contributed by atoms with Crippen LogP contribution >= 0.6 is 0 Å². The Morgan fingerprint density at radius 2 is 1.86 bits per heavy atom. The third-order valence-electron chi connectivity index (χ3n) is 3.49. The summed E-state index contributed by atoms with van der Waals surface area (Å²) in [5.74, 6) is 0.750. The maximum absolute atomic E-state index is 11.5. The van der Waals surface area contributed by atoms with Crippen LogP contribution in [0, 0.1) is 13.8 Å². The van der Waals surface area contributed by atoms with Crippen LogP contribution in [-0.4, -0.2) is 13.0 Å². The van der Waals surface area contributed by atoms with Gasteiger partial charge >= 0.3 is 0 Å². The molecule has 0 aliphatic heterocycles. The van der Waals surface area contributed by atoms with E-state index < -0.39 is 0 Å². The highest BCUT2D eigenvalue weighted by Gasteiger charge is 2.08. The number of aryl methyl sites for hydroxylation is 2. The van der Waals surface area contributed by atoms with E-state index in [2.05, 4.69) is 37.4 Å². The van der Waals surface area contributed by atoms with Gasteiger partial charge in [0.1, 0.15) is 12.4 Å². The Bertz CT molecular complexity index is 635. The molecule has 2 aromatic carbocycles. The average Bonchev–Trinajstić information content (AvgIpc) is 2.49. The highest BCUT2D eigenvalue weighted by atomic mass is 16.5. The second kappa shape index (κ2) is 6.93. The Hall–Kier alpha value is -2.29. The SMILES string of the molecule is CNC(=O)Cc1ccccc1OCc1cc(C)ccc1C. The fourth-order valence-corrected chi connectivity index (χ4v) is 2.16. The molecular weight excluding hydrogens is 262 g/mol. The van der Waals surface area contributed by atoms with Crippen LogP contribution < -0.4 is 10.1 Å². The van der Waals surface area contributed by atoms with Gasteiger partial charge in [0.05, 0.1) is 6.42 Å². The number of para-hydroxylation sites is 1. The third kappa shape index (κ3) is 4.09. The Morgan fingerprint density at radius 3 is 2.62 bits per heavy atom. The number of nitrogens with one attached hydrogen (secondary N) is 1. The Labute approximate surface area is 126 Å². The molecule has 0 heterocycles. The van der Waals surface area contributed by atoms with E-state index in [1.807, 2.05) is 24.3 Å². The van der Waals surface area contributed by atoms with Crippen LogP contribution in [-0.2, 0) is 17.8 Å². The van der Waals surface area contributed by atoms with Crippen LogP contribution in [0.1, 0.15) is 22.3 Å². The first-order valence-corrected chi connectivity index (χ1v) is 7.07. The first-order chi connectivity index (χ1) is 10.1. The molecule has 0 atom stereocenters. The molecule has 0 aliphatic carbocycles. The monoisotopic (exact) mass is 283 g/mol. The molecule has 110 valence electrons. The highest BCUT2D eigenvalue weighted by Crippen LogP contribution is 2.21. The average molecular weight is 283 g/mol. The second-order valence-electron chi connectivity index (χ2n) is 5.18. The van der Waals surface area contributed by atoms with Crippen LogP contribution in [0.2, 0.25) is 0 Å². The van der Waals surface area contributed by atoms with Crippen LogP contribution in [0.25, 0.3) is 0 Å². The summed E-state index contributed by atoms with van der Waals surface area (Å²) in [6.07, 6.45) is 0.333. The van der Waals surface area contributed by atoms with E-state index in [9.17, 15) is 4.79 Å². The molecule has 0 fully saturated rings. The molecule has 0 saturated carbocycles. The van der Waals surface area contributed by atoms with Crippen molar-refractivity contribution < 1.29 is 9.53 Å². The summed E-state index contributed by atoms with van der Waals surface area (Å²) in [6, 6.07) is 14.0. The number of carbonyl (C=O) groups is 1. The van der Waals surface area contributed by atoms with Gasteiger partial charge in [-0.05, 0) is 31.0 Å². The molecular formula is C18H21NO2. The van der Waals surface area contributed by atoms with Gasteiger partial charge in [0, 0.05) is 12.6 Å². The zero-order valence-electron chi connectivity index (χ0n) is 12.8. The number of likely N-dealkylation sites (N-methyl/N-ethyl adjacent to an activating group) is 1. The van der Waals surface area contributed by atoms with Gasteiger partial charge in [0.2, 0.25) is 5.91 Å². The van der Waals surface area contributed by atoms with Gasteiger partial charge in [-0.1, -0.05) is 42.0 Å². The van der Waals surface area contributed by atoms with Crippen molar-refractivity contribution >= 4 is 5.91 Å². The maximum Gasteiger partial charge on any atom is 0.224 e. The lowest BCUT2D eigenvalue weighted by molar-refractivity contribution is -0.119. The molecule has 0 spiro atoms. The molecule has 0 aromatic heterocycles. The molecule has 0 unspecified atom stereocenters. The topological polar surface area (TPSA) is 38.3 Å². The van der Waals surface area contributed by atoms with Crippen molar-refractivity contribution in [1.29, 1.82) is 0 Å². The summed E-state index contributed by atoms with van der Waals surface area (Å²) in [4.78, 5) is 11.5. The summed E-state index contributed by atoms with van der Waals surface area (Å²) in [6.45, 7) is 4.66. The predicted octanol–water partition coefficient (Wildman–Crippen LogP) is 3.17. The smallest absolute Gasteiger partial charge is 0.224 e. The number of hydrogen-bond acceptors (Lipinski definition) is 2. The van der Waals surface area contributed by atoms with Gasteiger partial charge in [-0.3, -0.25) is 4.79 Å². The normalized spacial score (nSPS) is 10.2. The lowest BCUT2D eigenvalue weighted by atomic mass is 10.1. The van der Waals surface area contributed by atoms with E-state index in [4.69, 9.17) is 4.74 Å². The Balaban J connectivity index is 2.13. The molecule has 0 saturated heterocycles. The van der Waals surface area contributed by atoms with E-state index in [0.717, 1.165) is 11.3 Å².